The van der Waals surface area contributed by atoms with E-state index in [4.69, 9.17) is 40.0 Å². The van der Waals surface area contributed by atoms with Gasteiger partial charge in [0, 0.05) is 39.5 Å². The summed E-state index contributed by atoms with van der Waals surface area (Å²) in [6.07, 6.45) is 3.93. The molecule has 12 heteroatoms. The van der Waals surface area contributed by atoms with Crippen LogP contribution in [0.1, 0.15) is 140 Å². The number of aliphatic hydroxyl groups is 1. The molecule has 4 saturated carbocycles. The molecule has 0 aromatic heterocycles. The van der Waals surface area contributed by atoms with Crippen LogP contribution < -0.4 is 0 Å². The highest BCUT2D eigenvalue weighted by molar-refractivity contribution is 6.21. The lowest BCUT2D eigenvalue weighted by Gasteiger charge is -2.65. The highest BCUT2D eigenvalue weighted by Gasteiger charge is 2.68. The topological polar surface area (TPSA) is 144 Å². The SMILES string of the molecule is CC[C@H](CC[C@@H](C)[C@H]1CC[C@H]2[C@@H]3C[C@H](Cl)[C@]4(O)C[C@@H](O[C@@H]5O[C@H](COC(C)=O)[C@@H](OC(C)=O)[C@H](OC(C)=O)[C@H]5OC(C)=O)CC[C@]4(C)[C@H]3CC[C@]12C)C(C)C. The van der Waals surface area contributed by atoms with Gasteiger partial charge in [-0.3, -0.25) is 19.2 Å². The van der Waals surface area contributed by atoms with E-state index < -0.39 is 77.1 Å². The summed E-state index contributed by atoms with van der Waals surface area (Å²) in [6, 6.07) is 0. The summed E-state index contributed by atoms with van der Waals surface area (Å²) in [4.78, 5) is 48.7. The van der Waals surface area contributed by atoms with Crippen molar-refractivity contribution in [2.75, 3.05) is 6.61 Å². The first kappa shape index (κ1) is 44.2. The van der Waals surface area contributed by atoms with Crippen LogP contribution in [-0.2, 0) is 47.6 Å². The number of halogens is 1. The highest BCUT2D eigenvalue weighted by Crippen LogP contribution is 2.70. The molecule has 0 amide bonds. The summed E-state index contributed by atoms with van der Waals surface area (Å²) in [5.41, 5.74) is -1.39. The highest BCUT2D eigenvalue weighted by atomic mass is 35.5. The van der Waals surface area contributed by atoms with Crippen molar-refractivity contribution in [2.24, 2.45) is 52.3 Å². The average molecular weight is 797 g/mol. The minimum atomic E-state index is -1.32. The molecule has 1 saturated heterocycles. The van der Waals surface area contributed by atoms with Crippen molar-refractivity contribution >= 4 is 35.5 Å². The molecule has 16 atom stereocenters. The average Bonchev–Trinajstić information content (AvgIpc) is 3.44. The summed E-state index contributed by atoms with van der Waals surface area (Å²) in [5.74, 6) is 1.55. The molecule has 5 aliphatic rings. The molecule has 1 aliphatic heterocycles. The van der Waals surface area contributed by atoms with Crippen LogP contribution >= 0.6 is 11.6 Å². The van der Waals surface area contributed by atoms with E-state index in [2.05, 4.69) is 41.5 Å². The van der Waals surface area contributed by atoms with Gasteiger partial charge >= 0.3 is 23.9 Å². The van der Waals surface area contributed by atoms with Crippen molar-refractivity contribution < 1.29 is 52.7 Å². The third-order valence-electron chi connectivity index (χ3n) is 15.3. The molecule has 1 N–H and O–H groups in total. The van der Waals surface area contributed by atoms with E-state index in [0.717, 1.165) is 24.7 Å². The van der Waals surface area contributed by atoms with Crippen LogP contribution in [0.3, 0.4) is 0 Å². The van der Waals surface area contributed by atoms with Crippen LogP contribution in [0, 0.1) is 52.3 Å². The first-order valence-corrected chi connectivity index (χ1v) is 21.5. The zero-order chi connectivity index (χ0) is 40.6. The van der Waals surface area contributed by atoms with Gasteiger partial charge < -0.3 is 33.5 Å². The third kappa shape index (κ3) is 8.90. The van der Waals surface area contributed by atoms with Gasteiger partial charge in [0.25, 0.3) is 0 Å². The fourth-order valence-corrected chi connectivity index (χ4v) is 13.0. The van der Waals surface area contributed by atoms with E-state index in [1.165, 1.54) is 66.2 Å². The molecular weight excluding hydrogens is 728 g/mol. The van der Waals surface area contributed by atoms with Crippen molar-refractivity contribution in [3.8, 4) is 0 Å². The zero-order valence-corrected chi connectivity index (χ0v) is 35.7. The molecule has 1 heterocycles. The van der Waals surface area contributed by atoms with Gasteiger partial charge in [0.2, 0.25) is 0 Å². The van der Waals surface area contributed by atoms with Crippen molar-refractivity contribution in [3.63, 3.8) is 0 Å². The lowest BCUT2D eigenvalue weighted by molar-refractivity contribution is -0.326. The Morgan fingerprint density at radius 3 is 2.05 bits per heavy atom. The number of esters is 4. The molecule has 314 valence electrons. The van der Waals surface area contributed by atoms with Crippen LogP contribution in [0.4, 0.5) is 0 Å². The van der Waals surface area contributed by atoms with Gasteiger partial charge in [0.05, 0.1) is 17.1 Å². The standard InChI is InChI=1S/C43H69ClO11/c1-11-29(23(2)3)13-12-24(4)32-14-15-33-31-20-36(44)43(49)21-30(16-19-42(43,10)34(31)17-18-41(32,33)9)54-40-39(53-28(8)48)38(52-27(7)47)37(51-26(6)46)35(55-40)22-50-25(5)45/h23-24,29-40,49H,11-22H2,1-10H3/t24-,29-,30+,31+,32-,33+,34+,35-,36+,37-,38+,39-,40-,41-,42-,43-/m1/s1. The normalized spacial score (nSPS) is 42.2. The molecule has 4 aliphatic carbocycles. The summed E-state index contributed by atoms with van der Waals surface area (Å²) < 4.78 is 34.9. The monoisotopic (exact) mass is 796 g/mol. The Morgan fingerprint density at radius 1 is 0.818 bits per heavy atom. The smallest absolute Gasteiger partial charge is 0.303 e. The maximum atomic E-state index is 12.8. The van der Waals surface area contributed by atoms with Gasteiger partial charge in [-0.2, -0.15) is 0 Å². The summed E-state index contributed by atoms with van der Waals surface area (Å²) >= 11 is 7.39. The zero-order valence-electron chi connectivity index (χ0n) is 35.0. The summed E-state index contributed by atoms with van der Waals surface area (Å²) in [7, 11) is 0. The van der Waals surface area contributed by atoms with Crippen molar-refractivity contribution in [1.29, 1.82) is 0 Å². The van der Waals surface area contributed by atoms with Crippen LogP contribution in [0.2, 0.25) is 0 Å². The maximum Gasteiger partial charge on any atom is 0.303 e. The lowest BCUT2D eigenvalue weighted by Crippen LogP contribution is -2.68. The molecule has 0 unspecified atom stereocenters. The Kier molecular flexibility index (Phi) is 14.0. The lowest BCUT2D eigenvalue weighted by atomic mass is 9.43. The summed E-state index contributed by atoms with van der Waals surface area (Å²) in [5, 5.41) is 12.3. The largest absolute Gasteiger partial charge is 0.463 e. The minimum Gasteiger partial charge on any atom is -0.463 e. The molecule has 55 heavy (non-hydrogen) atoms. The Balaban J connectivity index is 1.34. The van der Waals surface area contributed by atoms with Crippen molar-refractivity contribution in [3.05, 3.63) is 0 Å². The maximum absolute atomic E-state index is 12.8. The predicted octanol–water partition coefficient (Wildman–Crippen LogP) is 7.54. The number of fused-ring (bicyclic) bond motifs is 5. The number of carbonyl (C=O) groups is 4. The molecule has 5 fully saturated rings. The van der Waals surface area contributed by atoms with Crippen LogP contribution in [0.15, 0.2) is 0 Å². The van der Waals surface area contributed by atoms with Crippen molar-refractivity contribution in [1.82, 2.24) is 0 Å². The molecule has 5 rings (SSSR count). The summed E-state index contributed by atoms with van der Waals surface area (Å²) in [6.45, 7) is 18.8. The van der Waals surface area contributed by atoms with E-state index in [9.17, 15) is 24.3 Å². The van der Waals surface area contributed by atoms with Crippen LogP contribution in [-0.4, -0.2) is 83.4 Å². The number of hydrogen-bond donors (Lipinski definition) is 1. The number of hydrogen-bond acceptors (Lipinski definition) is 11. The van der Waals surface area contributed by atoms with Gasteiger partial charge in [-0.05, 0) is 98.2 Å². The third-order valence-corrected chi connectivity index (χ3v) is 15.8. The number of rotatable bonds is 13. The van der Waals surface area contributed by atoms with Gasteiger partial charge in [-0.15, -0.1) is 11.6 Å². The Morgan fingerprint density at radius 2 is 1.45 bits per heavy atom. The van der Waals surface area contributed by atoms with Gasteiger partial charge in [0.15, 0.2) is 24.6 Å². The second-order valence-corrected chi connectivity index (χ2v) is 19.2. The van der Waals surface area contributed by atoms with E-state index >= 15 is 0 Å². The molecule has 0 aromatic carbocycles. The number of carbonyl (C=O) groups excluding carboxylic acids is 4. The molecule has 0 bridgehead atoms. The van der Waals surface area contributed by atoms with E-state index in [1.807, 2.05) is 0 Å². The fraction of sp³-hybridized carbons (Fsp3) is 0.907. The molecular formula is C43H69ClO11. The van der Waals surface area contributed by atoms with E-state index in [1.54, 1.807) is 0 Å². The Hall–Kier alpha value is -1.95. The number of alkyl halides is 1. The fourth-order valence-electron chi connectivity index (χ4n) is 12.5. The number of ether oxygens (including phenoxy) is 6. The van der Waals surface area contributed by atoms with Gasteiger partial charge in [0.1, 0.15) is 12.7 Å². The quantitative estimate of drug-likeness (QED) is 0.0855. The Bertz CT molecular complexity index is 1390. The molecule has 0 radical (unpaired) electrons. The van der Waals surface area contributed by atoms with E-state index in [-0.39, 0.29) is 18.4 Å². The molecule has 0 aromatic rings. The second-order valence-electron chi connectivity index (χ2n) is 18.7. The van der Waals surface area contributed by atoms with Gasteiger partial charge in [-0.25, -0.2) is 0 Å². The second kappa shape index (κ2) is 17.5. The molecule has 11 nitrogen and oxygen atoms in total. The first-order valence-electron chi connectivity index (χ1n) is 21.1. The van der Waals surface area contributed by atoms with Crippen LogP contribution in [0.25, 0.3) is 0 Å². The molecule has 0 spiro atoms. The Labute approximate surface area is 333 Å². The predicted molar refractivity (Wildman–Crippen MR) is 206 cm³/mol. The van der Waals surface area contributed by atoms with Crippen molar-refractivity contribution in [2.45, 2.75) is 188 Å². The minimum absolute atomic E-state index is 0.240. The van der Waals surface area contributed by atoms with Crippen LogP contribution in [0.5, 0.6) is 0 Å². The van der Waals surface area contributed by atoms with E-state index in [0.29, 0.717) is 42.4 Å². The van der Waals surface area contributed by atoms with Gasteiger partial charge in [-0.1, -0.05) is 54.4 Å². The first-order chi connectivity index (χ1) is 25.7.